The molecule has 1 amide bonds. The fourth-order valence-corrected chi connectivity index (χ4v) is 3.02. The second-order valence-corrected chi connectivity index (χ2v) is 8.37. The summed E-state index contributed by atoms with van der Waals surface area (Å²) in [6.07, 6.45) is 4.51. The average Bonchev–Trinajstić information content (AvgIpc) is 2.45. The van der Waals surface area contributed by atoms with Crippen molar-refractivity contribution in [2.24, 2.45) is 5.92 Å². The van der Waals surface area contributed by atoms with Crippen molar-refractivity contribution in [3.05, 3.63) is 35.9 Å². The average molecular weight is 325 g/mol. The van der Waals surface area contributed by atoms with Crippen LogP contribution in [0.5, 0.6) is 0 Å². The van der Waals surface area contributed by atoms with E-state index in [0.717, 1.165) is 19.3 Å². The van der Waals surface area contributed by atoms with Crippen LogP contribution < -0.4 is 5.32 Å². The van der Waals surface area contributed by atoms with Crippen LogP contribution in [0.1, 0.15) is 38.7 Å². The van der Waals surface area contributed by atoms with Gasteiger partial charge in [-0.05, 0) is 38.2 Å². The molecule has 0 radical (unpaired) electrons. The van der Waals surface area contributed by atoms with Gasteiger partial charge in [0.15, 0.2) is 0 Å². The zero-order chi connectivity index (χ0) is 16.6. The molecule has 0 fully saturated rings. The number of sulfone groups is 1. The Morgan fingerprint density at radius 2 is 1.77 bits per heavy atom. The molecule has 0 saturated carbocycles. The van der Waals surface area contributed by atoms with E-state index in [-0.39, 0.29) is 23.6 Å². The molecule has 1 N–H and O–H groups in total. The molecule has 1 aromatic rings. The van der Waals surface area contributed by atoms with Gasteiger partial charge in [0, 0.05) is 18.2 Å². The lowest BCUT2D eigenvalue weighted by atomic mass is 10.0. The smallest absolute Gasteiger partial charge is 0.223 e. The van der Waals surface area contributed by atoms with Gasteiger partial charge >= 0.3 is 0 Å². The van der Waals surface area contributed by atoms with Crippen LogP contribution in [-0.4, -0.2) is 32.4 Å². The van der Waals surface area contributed by atoms with Crippen molar-refractivity contribution < 1.29 is 13.2 Å². The molecule has 0 spiro atoms. The molecule has 0 aliphatic carbocycles. The van der Waals surface area contributed by atoms with Crippen molar-refractivity contribution in [2.75, 3.05) is 12.0 Å². The van der Waals surface area contributed by atoms with Crippen LogP contribution in [0, 0.1) is 5.92 Å². The lowest BCUT2D eigenvalue weighted by molar-refractivity contribution is -0.125. The second-order valence-electron chi connectivity index (χ2n) is 6.11. The summed E-state index contributed by atoms with van der Waals surface area (Å²) >= 11 is 0. The summed E-state index contributed by atoms with van der Waals surface area (Å²) in [5, 5.41) is 2.97. The van der Waals surface area contributed by atoms with Crippen LogP contribution in [0.3, 0.4) is 0 Å². The maximum atomic E-state index is 12.0. The topological polar surface area (TPSA) is 63.2 Å². The molecule has 0 saturated heterocycles. The van der Waals surface area contributed by atoms with Gasteiger partial charge in [-0.3, -0.25) is 4.79 Å². The van der Waals surface area contributed by atoms with Crippen molar-refractivity contribution in [1.82, 2.24) is 5.32 Å². The van der Waals surface area contributed by atoms with Gasteiger partial charge in [0.2, 0.25) is 5.91 Å². The number of aryl methyl sites for hydroxylation is 1. The number of hydrogen-bond donors (Lipinski definition) is 1. The predicted molar refractivity (Wildman–Crippen MR) is 90.5 cm³/mol. The molecular formula is C17H27NO3S. The first-order chi connectivity index (χ1) is 10.3. The van der Waals surface area contributed by atoms with E-state index in [1.165, 1.54) is 11.8 Å². The highest BCUT2D eigenvalue weighted by Gasteiger charge is 2.17. The number of carbonyl (C=O) groups excluding carboxylic acids is 1. The Hall–Kier alpha value is -1.36. The number of hydrogen-bond acceptors (Lipinski definition) is 3. The molecule has 1 aromatic carbocycles. The highest BCUT2D eigenvalue weighted by atomic mass is 32.2. The van der Waals surface area contributed by atoms with Crippen molar-refractivity contribution in [2.45, 2.75) is 45.6 Å². The summed E-state index contributed by atoms with van der Waals surface area (Å²) in [6, 6.07) is 10.4. The SMILES string of the molecule is C[C@H](CCCc1ccccc1)NC(=O)[C@H](C)CCS(C)(=O)=O. The molecule has 124 valence electrons. The van der Waals surface area contributed by atoms with Gasteiger partial charge in [-0.1, -0.05) is 37.3 Å². The Morgan fingerprint density at radius 1 is 1.14 bits per heavy atom. The number of nitrogens with one attached hydrogen (secondary N) is 1. The number of carbonyl (C=O) groups is 1. The molecule has 0 unspecified atom stereocenters. The molecule has 0 heterocycles. The zero-order valence-electron chi connectivity index (χ0n) is 13.7. The summed E-state index contributed by atoms with van der Waals surface area (Å²) in [6.45, 7) is 3.77. The maximum absolute atomic E-state index is 12.0. The summed E-state index contributed by atoms with van der Waals surface area (Å²) in [7, 11) is -3.01. The first-order valence-electron chi connectivity index (χ1n) is 7.80. The first-order valence-corrected chi connectivity index (χ1v) is 9.86. The van der Waals surface area contributed by atoms with Crippen molar-refractivity contribution in [3.8, 4) is 0 Å². The lowest BCUT2D eigenvalue weighted by Crippen LogP contribution is -2.36. The lowest BCUT2D eigenvalue weighted by Gasteiger charge is -2.17. The molecule has 22 heavy (non-hydrogen) atoms. The third kappa shape index (κ3) is 8.17. The number of amides is 1. The summed E-state index contributed by atoms with van der Waals surface area (Å²) in [5.74, 6) is -0.272. The van der Waals surface area contributed by atoms with Gasteiger partial charge in [0.1, 0.15) is 9.84 Å². The molecule has 1 rings (SSSR count). The molecule has 0 bridgehead atoms. The largest absolute Gasteiger partial charge is 0.353 e. The first kappa shape index (κ1) is 18.7. The van der Waals surface area contributed by atoms with Gasteiger partial charge in [0.05, 0.1) is 5.75 Å². The molecule has 4 nitrogen and oxygen atoms in total. The zero-order valence-corrected chi connectivity index (χ0v) is 14.5. The predicted octanol–water partition coefficient (Wildman–Crippen LogP) is 2.58. The maximum Gasteiger partial charge on any atom is 0.223 e. The highest BCUT2D eigenvalue weighted by molar-refractivity contribution is 7.90. The van der Waals surface area contributed by atoms with Crippen LogP contribution in [0.15, 0.2) is 30.3 Å². The standard InChI is InChI=1S/C17H27NO3S/c1-14(12-13-22(3,20)21)17(19)18-15(2)8-7-11-16-9-5-4-6-10-16/h4-6,9-10,14-15H,7-8,11-13H2,1-3H3,(H,18,19)/t14-,15-/m1/s1. The van der Waals surface area contributed by atoms with E-state index in [1.807, 2.05) is 25.1 Å². The Labute approximate surface area is 134 Å². The van der Waals surface area contributed by atoms with E-state index >= 15 is 0 Å². The van der Waals surface area contributed by atoms with Crippen LogP contribution in [0.2, 0.25) is 0 Å². The van der Waals surface area contributed by atoms with Gasteiger partial charge in [-0.2, -0.15) is 0 Å². The van der Waals surface area contributed by atoms with Crippen LogP contribution in [-0.2, 0) is 21.1 Å². The van der Waals surface area contributed by atoms with E-state index in [4.69, 9.17) is 0 Å². The van der Waals surface area contributed by atoms with E-state index in [0.29, 0.717) is 6.42 Å². The Bertz CT molecular complexity index is 555. The second kappa shape index (κ2) is 8.93. The third-order valence-corrected chi connectivity index (χ3v) is 4.68. The van der Waals surface area contributed by atoms with Crippen molar-refractivity contribution >= 4 is 15.7 Å². The Morgan fingerprint density at radius 3 is 2.36 bits per heavy atom. The van der Waals surface area contributed by atoms with Gasteiger partial charge < -0.3 is 5.32 Å². The Balaban J connectivity index is 2.25. The molecule has 5 heteroatoms. The number of rotatable bonds is 9. The molecule has 2 atom stereocenters. The van der Waals surface area contributed by atoms with Crippen LogP contribution >= 0.6 is 0 Å². The van der Waals surface area contributed by atoms with Crippen LogP contribution in [0.25, 0.3) is 0 Å². The minimum Gasteiger partial charge on any atom is -0.353 e. The molecule has 0 aromatic heterocycles. The quantitative estimate of drug-likeness (QED) is 0.759. The summed E-state index contributed by atoms with van der Waals surface area (Å²) < 4.78 is 22.2. The fourth-order valence-electron chi connectivity index (χ4n) is 2.24. The molecule has 0 aliphatic rings. The van der Waals surface area contributed by atoms with Gasteiger partial charge in [-0.25, -0.2) is 8.42 Å². The third-order valence-electron chi connectivity index (χ3n) is 3.70. The van der Waals surface area contributed by atoms with E-state index in [9.17, 15) is 13.2 Å². The van der Waals surface area contributed by atoms with E-state index in [2.05, 4.69) is 17.4 Å². The van der Waals surface area contributed by atoms with Crippen molar-refractivity contribution in [3.63, 3.8) is 0 Å². The summed E-state index contributed by atoms with van der Waals surface area (Å²) in [4.78, 5) is 12.0. The minimum atomic E-state index is -3.01. The monoisotopic (exact) mass is 325 g/mol. The highest BCUT2D eigenvalue weighted by Crippen LogP contribution is 2.08. The number of benzene rings is 1. The molecular weight excluding hydrogens is 298 g/mol. The fraction of sp³-hybridized carbons (Fsp3) is 0.588. The van der Waals surface area contributed by atoms with E-state index < -0.39 is 9.84 Å². The summed E-state index contributed by atoms with van der Waals surface area (Å²) in [5.41, 5.74) is 1.31. The van der Waals surface area contributed by atoms with Gasteiger partial charge in [0.25, 0.3) is 0 Å². The molecule has 0 aliphatic heterocycles. The van der Waals surface area contributed by atoms with Gasteiger partial charge in [-0.15, -0.1) is 0 Å². The van der Waals surface area contributed by atoms with Crippen LogP contribution in [0.4, 0.5) is 0 Å². The minimum absolute atomic E-state index is 0.0594. The van der Waals surface area contributed by atoms with Crippen molar-refractivity contribution in [1.29, 1.82) is 0 Å². The normalized spacial score (nSPS) is 14.3. The van der Waals surface area contributed by atoms with E-state index in [1.54, 1.807) is 6.92 Å². The Kier molecular flexibility index (Phi) is 7.59.